The van der Waals surface area contributed by atoms with E-state index in [1.807, 2.05) is 36.4 Å². The summed E-state index contributed by atoms with van der Waals surface area (Å²) in [4.78, 5) is 8.61. The largest absolute Gasteiger partial charge is 0.423 e. The molecule has 5 aromatic rings. The monoisotopic (exact) mass is 444 g/mol. The minimum absolute atomic E-state index is 0.255. The zero-order valence-electron chi connectivity index (χ0n) is 17.2. The summed E-state index contributed by atoms with van der Waals surface area (Å²) in [5.74, 6) is 2.01. The van der Waals surface area contributed by atoms with Crippen LogP contribution in [0.3, 0.4) is 0 Å². The van der Waals surface area contributed by atoms with Crippen molar-refractivity contribution in [1.29, 1.82) is 0 Å². The molecule has 0 amide bonds. The highest BCUT2D eigenvalue weighted by Gasteiger charge is 2.26. The van der Waals surface area contributed by atoms with Gasteiger partial charge in [-0.1, -0.05) is 53.8 Å². The number of aromatic nitrogens is 7. The number of tetrazole rings is 1. The van der Waals surface area contributed by atoms with Gasteiger partial charge < -0.3 is 9.32 Å². The summed E-state index contributed by atoms with van der Waals surface area (Å²) in [5, 5.41) is 22.2. The highest BCUT2D eigenvalue weighted by molar-refractivity contribution is 7.22. The van der Waals surface area contributed by atoms with Crippen molar-refractivity contribution in [2.45, 2.75) is 25.3 Å². The Balaban J connectivity index is 1.09. The molecule has 0 atom stereocenters. The van der Waals surface area contributed by atoms with Crippen molar-refractivity contribution in [2.24, 2.45) is 0 Å². The van der Waals surface area contributed by atoms with E-state index in [1.165, 1.54) is 9.50 Å². The maximum atomic E-state index is 5.95. The summed E-state index contributed by atoms with van der Waals surface area (Å²) >= 11 is 1.75. The minimum Gasteiger partial charge on any atom is -0.423 e. The number of fused-ring (bicyclic) bond motifs is 1. The van der Waals surface area contributed by atoms with Crippen LogP contribution in [-0.4, -0.2) is 48.5 Å². The normalized spacial score (nSPS) is 14.9. The first-order chi connectivity index (χ1) is 15.8. The average molecular weight is 445 g/mol. The molecule has 10 heteroatoms. The Morgan fingerprint density at radius 2 is 1.75 bits per heavy atom. The number of piperidine rings is 1. The summed E-state index contributed by atoms with van der Waals surface area (Å²) < 4.78 is 7.17. The van der Waals surface area contributed by atoms with Crippen LogP contribution in [0.5, 0.6) is 0 Å². The van der Waals surface area contributed by atoms with E-state index in [2.05, 4.69) is 48.7 Å². The molecule has 1 fully saturated rings. The van der Waals surface area contributed by atoms with E-state index in [0.717, 1.165) is 42.1 Å². The lowest BCUT2D eigenvalue weighted by molar-refractivity contribution is 0.362. The topological polar surface area (TPSA) is 98.7 Å². The minimum atomic E-state index is 0.255. The molecule has 0 unspecified atom stereocenters. The maximum Gasteiger partial charge on any atom is 0.239 e. The molecule has 2 aromatic carbocycles. The molecule has 0 aliphatic carbocycles. The Bertz CT molecular complexity index is 1300. The lowest BCUT2D eigenvalue weighted by atomic mass is 9.97. The number of benzene rings is 2. The number of nitrogens with zero attached hydrogens (tertiary/aromatic N) is 8. The van der Waals surface area contributed by atoms with Crippen LogP contribution in [0.15, 0.2) is 59.0 Å². The van der Waals surface area contributed by atoms with E-state index < -0.39 is 0 Å². The van der Waals surface area contributed by atoms with Crippen molar-refractivity contribution in [1.82, 2.24) is 35.4 Å². The number of hydrogen-bond donors (Lipinski definition) is 0. The van der Waals surface area contributed by atoms with E-state index >= 15 is 0 Å². The number of rotatable bonds is 5. The summed E-state index contributed by atoms with van der Waals surface area (Å²) in [5.41, 5.74) is 1.98. The third-order valence-electron chi connectivity index (χ3n) is 5.64. The molecule has 160 valence electrons. The number of para-hydroxylation sites is 1. The highest BCUT2D eigenvalue weighted by Crippen LogP contribution is 2.34. The molecule has 0 spiro atoms. The molecule has 1 saturated heterocycles. The number of hydrogen-bond acceptors (Lipinski definition) is 9. The predicted molar refractivity (Wildman–Crippen MR) is 120 cm³/mol. The first-order valence-electron chi connectivity index (χ1n) is 10.6. The number of anilines is 1. The molecule has 0 bridgehead atoms. The summed E-state index contributed by atoms with van der Waals surface area (Å²) in [7, 11) is 0. The lowest BCUT2D eigenvalue weighted by Crippen LogP contribution is -2.32. The van der Waals surface area contributed by atoms with Crippen LogP contribution in [0.25, 0.3) is 21.6 Å². The summed E-state index contributed by atoms with van der Waals surface area (Å²) in [6.07, 6.45) is 1.91. The quantitative estimate of drug-likeness (QED) is 0.404. The van der Waals surface area contributed by atoms with Gasteiger partial charge in [-0.05, 0) is 30.2 Å². The van der Waals surface area contributed by atoms with Crippen LogP contribution in [0.4, 0.5) is 5.13 Å². The van der Waals surface area contributed by atoms with Crippen LogP contribution >= 0.6 is 11.3 Å². The fraction of sp³-hybridized carbons (Fsp3) is 0.273. The standard InChI is InChI=1S/C22H20N8OS/c1-2-6-15(7-3-1)20-25-28-30(27-20)14-19-24-26-21(31-19)16-10-12-29(13-11-16)22-23-17-8-4-5-9-18(17)32-22/h1-9,16H,10-14H2. The molecule has 3 aromatic heterocycles. The van der Waals surface area contributed by atoms with Crippen molar-refractivity contribution in [2.75, 3.05) is 18.0 Å². The lowest BCUT2D eigenvalue weighted by Gasteiger charge is -2.30. The summed E-state index contributed by atoms with van der Waals surface area (Å²) in [6, 6.07) is 18.0. The van der Waals surface area contributed by atoms with E-state index in [1.54, 1.807) is 11.3 Å². The second-order valence-electron chi connectivity index (χ2n) is 7.77. The third-order valence-corrected chi connectivity index (χ3v) is 6.74. The van der Waals surface area contributed by atoms with Gasteiger partial charge in [-0.3, -0.25) is 0 Å². The second kappa shape index (κ2) is 8.12. The van der Waals surface area contributed by atoms with Gasteiger partial charge in [0, 0.05) is 24.6 Å². The zero-order chi connectivity index (χ0) is 21.3. The molecular weight excluding hydrogens is 424 g/mol. The molecule has 1 aliphatic rings. The smallest absolute Gasteiger partial charge is 0.239 e. The van der Waals surface area contributed by atoms with Crippen LogP contribution in [-0.2, 0) is 6.54 Å². The predicted octanol–water partition coefficient (Wildman–Crippen LogP) is 3.77. The van der Waals surface area contributed by atoms with Gasteiger partial charge in [0.2, 0.25) is 17.6 Å². The van der Waals surface area contributed by atoms with E-state index in [4.69, 9.17) is 9.40 Å². The SMILES string of the molecule is c1ccc(-c2nnn(Cc3nnc(C4CCN(c5nc6ccccc6s5)CC4)o3)n2)cc1. The fourth-order valence-electron chi connectivity index (χ4n) is 3.94. The molecule has 0 N–H and O–H groups in total. The van der Waals surface area contributed by atoms with Crippen LogP contribution in [0, 0.1) is 0 Å². The molecule has 1 aliphatic heterocycles. The van der Waals surface area contributed by atoms with Gasteiger partial charge in [-0.2, -0.15) is 4.80 Å². The van der Waals surface area contributed by atoms with Crippen molar-refractivity contribution in [3.8, 4) is 11.4 Å². The molecule has 9 nitrogen and oxygen atoms in total. The Kier molecular flexibility index (Phi) is 4.83. The van der Waals surface area contributed by atoms with Crippen molar-refractivity contribution < 1.29 is 4.42 Å². The van der Waals surface area contributed by atoms with Gasteiger partial charge in [-0.25, -0.2) is 4.98 Å². The molecule has 32 heavy (non-hydrogen) atoms. The van der Waals surface area contributed by atoms with Crippen LogP contribution in [0.2, 0.25) is 0 Å². The third kappa shape index (κ3) is 3.73. The summed E-state index contributed by atoms with van der Waals surface area (Å²) in [6.45, 7) is 2.15. The van der Waals surface area contributed by atoms with Gasteiger partial charge in [0.1, 0.15) is 6.54 Å². The van der Waals surface area contributed by atoms with Crippen LogP contribution in [0.1, 0.15) is 30.5 Å². The zero-order valence-corrected chi connectivity index (χ0v) is 18.0. The first kappa shape index (κ1) is 19.1. The Morgan fingerprint density at radius 3 is 2.59 bits per heavy atom. The Morgan fingerprint density at radius 1 is 0.938 bits per heavy atom. The second-order valence-corrected chi connectivity index (χ2v) is 8.78. The fourth-order valence-corrected chi connectivity index (χ4v) is 4.96. The van der Waals surface area contributed by atoms with Gasteiger partial charge >= 0.3 is 0 Å². The first-order valence-corrected chi connectivity index (χ1v) is 11.4. The van der Waals surface area contributed by atoms with Crippen molar-refractivity contribution in [3.63, 3.8) is 0 Å². The highest BCUT2D eigenvalue weighted by atomic mass is 32.1. The van der Waals surface area contributed by atoms with Crippen LogP contribution < -0.4 is 4.90 Å². The van der Waals surface area contributed by atoms with E-state index in [9.17, 15) is 0 Å². The van der Waals surface area contributed by atoms with E-state index in [0.29, 0.717) is 24.2 Å². The average Bonchev–Trinajstić information content (AvgIpc) is 3.60. The molecule has 4 heterocycles. The molecular formula is C22H20N8OS. The van der Waals surface area contributed by atoms with Crippen molar-refractivity contribution in [3.05, 3.63) is 66.4 Å². The van der Waals surface area contributed by atoms with Gasteiger partial charge in [0.05, 0.1) is 10.2 Å². The Hall–Kier alpha value is -3.66. The number of thiazole rings is 1. The van der Waals surface area contributed by atoms with E-state index in [-0.39, 0.29) is 5.92 Å². The molecule has 0 saturated carbocycles. The maximum absolute atomic E-state index is 5.95. The van der Waals surface area contributed by atoms with Crippen molar-refractivity contribution >= 4 is 26.7 Å². The Labute approximate surface area is 187 Å². The molecule has 0 radical (unpaired) electrons. The molecule has 6 rings (SSSR count). The van der Waals surface area contributed by atoms with Gasteiger partial charge in [0.15, 0.2) is 5.13 Å². The van der Waals surface area contributed by atoms with Gasteiger partial charge in [0.25, 0.3) is 0 Å². The van der Waals surface area contributed by atoms with Gasteiger partial charge in [-0.15, -0.1) is 20.4 Å².